The Hall–Kier alpha value is -2.23. The molecular weight excluding hydrogens is 374 g/mol. The molecule has 0 aliphatic rings. The lowest BCUT2D eigenvalue weighted by atomic mass is 9.84. The Morgan fingerprint density at radius 2 is 1.19 bits per heavy atom. The largest absolute Gasteiger partial charge is 0.354 e. The Bertz CT molecular complexity index is 743. The zero-order chi connectivity index (χ0) is 19.0. The maximum Gasteiger partial charge on any atom is 0.234 e. The van der Waals surface area contributed by atoms with Crippen LogP contribution < -0.4 is 5.32 Å². The van der Waals surface area contributed by atoms with Crippen molar-refractivity contribution in [3.8, 4) is 0 Å². The fraction of sp³-hybridized carbons (Fsp3) is 0.174. The Labute approximate surface area is 170 Å². The van der Waals surface area contributed by atoms with Crippen molar-refractivity contribution in [3.05, 3.63) is 108 Å². The standard InChI is InChI=1S/C23H22ClNOS/c24-18-22(26)25-16-17-27-23(19-10-4-1-5-11-19,20-12-6-2-7-13-20)21-14-8-3-9-15-21/h1-15H,16-18H2,(H,25,26). The number of nitrogens with one attached hydrogen (secondary N) is 1. The third-order valence-corrected chi connectivity index (χ3v) is 6.20. The van der Waals surface area contributed by atoms with Crippen molar-refractivity contribution in [2.24, 2.45) is 0 Å². The number of carbonyl (C=O) groups excluding carboxylic acids is 1. The van der Waals surface area contributed by atoms with Gasteiger partial charge in [0.1, 0.15) is 5.88 Å². The number of hydrogen-bond donors (Lipinski definition) is 1. The molecule has 1 amide bonds. The summed E-state index contributed by atoms with van der Waals surface area (Å²) in [5.74, 6) is 0.620. The molecule has 0 saturated heterocycles. The minimum Gasteiger partial charge on any atom is -0.354 e. The van der Waals surface area contributed by atoms with E-state index in [0.29, 0.717) is 6.54 Å². The Morgan fingerprint density at radius 3 is 1.56 bits per heavy atom. The Kier molecular flexibility index (Phi) is 6.97. The molecule has 1 N–H and O–H groups in total. The van der Waals surface area contributed by atoms with Crippen molar-refractivity contribution >= 4 is 29.3 Å². The molecule has 27 heavy (non-hydrogen) atoms. The molecule has 138 valence electrons. The van der Waals surface area contributed by atoms with Crippen LogP contribution in [0, 0.1) is 0 Å². The van der Waals surface area contributed by atoms with E-state index in [1.54, 1.807) is 0 Å². The number of alkyl halides is 1. The number of halogens is 1. The summed E-state index contributed by atoms with van der Waals surface area (Å²) in [5.41, 5.74) is 3.66. The van der Waals surface area contributed by atoms with Gasteiger partial charge in [0.15, 0.2) is 0 Å². The van der Waals surface area contributed by atoms with Gasteiger partial charge in [0.25, 0.3) is 0 Å². The molecule has 2 nitrogen and oxygen atoms in total. The average Bonchev–Trinajstić information content (AvgIpc) is 2.75. The van der Waals surface area contributed by atoms with E-state index in [1.165, 1.54) is 16.7 Å². The maximum atomic E-state index is 11.5. The average molecular weight is 396 g/mol. The fourth-order valence-electron chi connectivity index (χ4n) is 3.21. The lowest BCUT2D eigenvalue weighted by molar-refractivity contribution is -0.118. The topological polar surface area (TPSA) is 29.1 Å². The van der Waals surface area contributed by atoms with Gasteiger partial charge < -0.3 is 5.32 Å². The second-order valence-corrected chi connectivity index (χ2v) is 7.69. The molecule has 0 aromatic heterocycles. The summed E-state index contributed by atoms with van der Waals surface area (Å²) < 4.78 is -0.352. The molecule has 0 bridgehead atoms. The lowest BCUT2D eigenvalue weighted by Crippen LogP contribution is -2.30. The first-order chi connectivity index (χ1) is 13.3. The van der Waals surface area contributed by atoms with Crippen molar-refractivity contribution in [1.29, 1.82) is 0 Å². The predicted octanol–water partition coefficient (Wildman–Crippen LogP) is 5.07. The van der Waals surface area contributed by atoms with Gasteiger partial charge in [-0.2, -0.15) is 0 Å². The number of thioether (sulfide) groups is 1. The quantitative estimate of drug-likeness (QED) is 0.328. The van der Waals surface area contributed by atoms with Gasteiger partial charge in [-0.15, -0.1) is 23.4 Å². The maximum absolute atomic E-state index is 11.5. The molecule has 3 aromatic carbocycles. The first kappa shape index (κ1) is 19.5. The molecule has 0 saturated carbocycles. The highest BCUT2D eigenvalue weighted by Crippen LogP contribution is 2.48. The van der Waals surface area contributed by atoms with E-state index in [-0.39, 0.29) is 16.5 Å². The van der Waals surface area contributed by atoms with E-state index in [2.05, 4.69) is 78.1 Å². The van der Waals surface area contributed by atoms with Crippen LogP contribution in [0.2, 0.25) is 0 Å². The zero-order valence-electron chi connectivity index (χ0n) is 15.0. The molecule has 0 aliphatic heterocycles. The van der Waals surface area contributed by atoms with Gasteiger partial charge in [0, 0.05) is 12.3 Å². The summed E-state index contributed by atoms with van der Waals surface area (Å²) in [5, 5.41) is 2.87. The minimum absolute atomic E-state index is 0.00807. The Balaban J connectivity index is 2.04. The molecule has 0 unspecified atom stereocenters. The van der Waals surface area contributed by atoms with Gasteiger partial charge >= 0.3 is 0 Å². The molecule has 3 aromatic rings. The molecular formula is C23H22ClNOS. The summed E-state index contributed by atoms with van der Waals surface area (Å²) in [4.78, 5) is 11.5. The van der Waals surface area contributed by atoms with Crippen LogP contribution in [0.3, 0.4) is 0 Å². The summed E-state index contributed by atoms with van der Waals surface area (Å²) >= 11 is 7.41. The van der Waals surface area contributed by atoms with E-state index in [1.807, 2.05) is 30.0 Å². The highest BCUT2D eigenvalue weighted by Gasteiger charge is 2.36. The van der Waals surface area contributed by atoms with Crippen molar-refractivity contribution in [3.63, 3.8) is 0 Å². The van der Waals surface area contributed by atoms with Gasteiger partial charge in [-0.25, -0.2) is 0 Å². The molecule has 0 aliphatic carbocycles. The number of amides is 1. The normalized spacial score (nSPS) is 11.1. The third-order valence-electron chi connectivity index (χ3n) is 4.41. The number of rotatable bonds is 8. The van der Waals surface area contributed by atoms with E-state index in [0.717, 1.165) is 5.75 Å². The van der Waals surface area contributed by atoms with Crippen molar-refractivity contribution in [1.82, 2.24) is 5.32 Å². The second-order valence-electron chi connectivity index (χ2n) is 6.11. The third kappa shape index (κ3) is 4.55. The zero-order valence-corrected chi connectivity index (χ0v) is 16.5. The summed E-state index contributed by atoms with van der Waals surface area (Å²) in [6, 6.07) is 31.6. The first-order valence-electron chi connectivity index (χ1n) is 8.90. The molecule has 3 rings (SSSR count). The van der Waals surface area contributed by atoms with Crippen LogP contribution in [0.15, 0.2) is 91.0 Å². The molecule has 0 heterocycles. The molecule has 0 atom stereocenters. The lowest BCUT2D eigenvalue weighted by Gasteiger charge is -2.35. The number of benzene rings is 3. The van der Waals surface area contributed by atoms with Gasteiger partial charge in [0.05, 0.1) is 4.75 Å². The first-order valence-corrected chi connectivity index (χ1v) is 10.4. The summed E-state index contributed by atoms with van der Waals surface area (Å²) in [6.45, 7) is 0.574. The smallest absolute Gasteiger partial charge is 0.234 e. The SMILES string of the molecule is O=C(CCl)NCCSC(c1ccccc1)(c1ccccc1)c1ccccc1. The molecule has 4 heteroatoms. The predicted molar refractivity (Wildman–Crippen MR) is 115 cm³/mol. The van der Waals surface area contributed by atoms with Crippen molar-refractivity contribution < 1.29 is 4.79 Å². The highest BCUT2D eigenvalue weighted by atomic mass is 35.5. The molecule has 0 spiro atoms. The fourth-order valence-corrected chi connectivity index (χ4v) is 4.72. The van der Waals surface area contributed by atoms with E-state index in [9.17, 15) is 4.79 Å². The van der Waals surface area contributed by atoms with Crippen molar-refractivity contribution in [2.45, 2.75) is 4.75 Å². The summed E-state index contributed by atoms with van der Waals surface area (Å²) in [6.07, 6.45) is 0. The van der Waals surface area contributed by atoms with Crippen LogP contribution in [-0.2, 0) is 9.54 Å². The number of carbonyl (C=O) groups is 1. The van der Waals surface area contributed by atoms with Crippen LogP contribution in [0.1, 0.15) is 16.7 Å². The van der Waals surface area contributed by atoms with Crippen LogP contribution >= 0.6 is 23.4 Å². The van der Waals surface area contributed by atoms with Gasteiger partial charge in [0.2, 0.25) is 5.91 Å². The van der Waals surface area contributed by atoms with Crippen LogP contribution in [0.25, 0.3) is 0 Å². The van der Waals surface area contributed by atoms with Crippen LogP contribution in [0.5, 0.6) is 0 Å². The van der Waals surface area contributed by atoms with E-state index >= 15 is 0 Å². The Morgan fingerprint density at radius 1 is 0.778 bits per heavy atom. The van der Waals surface area contributed by atoms with Crippen LogP contribution in [0.4, 0.5) is 0 Å². The molecule has 0 fully saturated rings. The van der Waals surface area contributed by atoms with E-state index in [4.69, 9.17) is 11.6 Å². The monoisotopic (exact) mass is 395 g/mol. The minimum atomic E-state index is -0.352. The van der Waals surface area contributed by atoms with Gasteiger partial charge in [-0.05, 0) is 16.7 Å². The van der Waals surface area contributed by atoms with Crippen molar-refractivity contribution in [2.75, 3.05) is 18.2 Å². The second kappa shape index (κ2) is 9.63. The summed E-state index contributed by atoms with van der Waals surface area (Å²) in [7, 11) is 0. The van der Waals surface area contributed by atoms with Gasteiger partial charge in [-0.3, -0.25) is 4.79 Å². The number of hydrogen-bond acceptors (Lipinski definition) is 2. The van der Waals surface area contributed by atoms with Crippen LogP contribution in [-0.4, -0.2) is 24.1 Å². The molecule has 0 radical (unpaired) electrons. The van der Waals surface area contributed by atoms with Gasteiger partial charge in [-0.1, -0.05) is 91.0 Å². The highest BCUT2D eigenvalue weighted by molar-refractivity contribution is 8.00. The van der Waals surface area contributed by atoms with E-state index < -0.39 is 0 Å².